The molecule has 0 spiro atoms. The molecule has 1 fully saturated rings. The van der Waals surface area contributed by atoms with Crippen molar-refractivity contribution in [2.45, 2.75) is 49.0 Å². The topological polar surface area (TPSA) is 207 Å². The number of alkyl halides is 1. The number of benzene rings is 2. The number of fused-ring (bicyclic) bond motifs is 2. The number of ether oxygens (including phenoxy) is 3. The van der Waals surface area contributed by atoms with Gasteiger partial charge in [0.25, 0.3) is 17.3 Å². The van der Waals surface area contributed by atoms with Crippen molar-refractivity contribution in [1.82, 2.24) is 19.6 Å². The number of nitro benzene ring substituents is 2. The molecule has 2 amide bonds. The quantitative estimate of drug-likeness (QED) is 0.0714. The number of non-ortho nitro benzene ring substituents is 2. The molecule has 1 unspecified atom stereocenters. The van der Waals surface area contributed by atoms with E-state index < -0.39 is 49.6 Å². The Kier molecular flexibility index (Phi) is 9.12. The number of esters is 2. The van der Waals surface area contributed by atoms with E-state index in [9.17, 15) is 39.4 Å². The van der Waals surface area contributed by atoms with Crippen LogP contribution in [-0.4, -0.2) is 69.6 Å². The minimum absolute atomic E-state index is 0.00873. The maximum absolute atomic E-state index is 13.7. The van der Waals surface area contributed by atoms with Gasteiger partial charge in [0.2, 0.25) is 0 Å². The number of aromatic nitrogens is 2. The first-order chi connectivity index (χ1) is 23.4. The predicted molar refractivity (Wildman–Crippen MR) is 171 cm³/mol. The van der Waals surface area contributed by atoms with Crippen LogP contribution in [0.4, 0.5) is 16.2 Å². The molecule has 1 saturated heterocycles. The van der Waals surface area contributed by atoms with Crippen LogP contribution < -0.4 is 0 Å². The highest BCUT2D eigenvalue weighted by molar-refractivity contribution is 9.10. The molecule has 0 radical (unpaired) electrons. The number of halogens is 1. The van der Waals surface area contributed by atoms with Crippen LogP contribution in [0.5, 0.6) is 0 Å². The van der Waals surface area contributed by atoms with E-state index in [1.165, 1.54) is 70.7 Å². The first kappa shape index (κ1) is 33.6. The summed E-state index contributed by atoms with van der Waals surface area (Å²) in [6, 6.07) is 12.8. The molecule has 3 aliphatic rings. The van der Waals surface area contributed by atoms with Crippen LogP contribution in [0.2, 0.25) is 0 Å². The second-order valence-corrected chi connectivity index (χ2v) is 13.4. The normalized spacial score (nSPS) is 19.9. The highest BCUT2D eigenvalue weighted by Crippen LogP contribution is 2.58. The summed E-state index contributed by atoms with van der Waals surface area (Å²) < 4.78 is 16.6. The van der Waals surface area contributed by atoms with Crippen LogP contribution in [0.1, 0.15) is 35.5 Å². The van der Waals surface area contributed by atoms with Gasteiger partial charge in [-0.05, 0) is 41.5 Å². The maximum atomic E-state index is 13.7. The van der Waals surface area contributed by atoms with Crippen molar-refractivity contribution >= 4 is 63.0 Å². The van der Waals surface area contributed by atoms with Crippen LogP contribution in [0.25, 0.3) is 0 Å². The second kappa shape index (κ2) is 13.3. The van der Waals surface area contributed by atoms with Gasteiger partial charge >= 0.3 is 18.0 Å². The molecule has 4 heterocycles. The molecule has 3 aromatic rings. The summed E-state index contributed by atoms with van der Waals surface area (Å²) in [7, 11) is 0. The molecule has 1 aromatic heterocycles. The minimum Gasteiger partial charge on any atom is -0.456 e. The number of rotatable bonds is 10. The summed E-state index contributed by atoms with van der Waals surface area (Å²) >= 11 is 4.68. The molecule has 0 aliphatic carbocycles. The number of carbonyl (C=O) groups is 4. The Labute approximate surface area is 289 Å². The summed E-state index contributed by atoms with van der Waals surface area (Å²) in [6.07, 6.45) is -1.80. The predicted octanol–water partition coefficient (Wildman–Crippen LogP) is 4.09. The second-order valence-electron chi connectivity index (χ2n) is 11.1. The first-order valence-electron chi connectivity index (χ1n) is 14.5. The van der Waals surface area contributed by atoms with E-state index >= 15 is 0 Å². The highest BCUT2D eigenvalue weighted by Gasteiger charge is 2.69. The largest absolute Gasteiger partial charge is 0.456 e. The Morgan fingerprint density at radius 1 is 1.00 bits per heavy atom. The third-order valence-corrected chi connectivity index (χ3v) is 10.6. The molecule has 17 nitrogen and oxygen atoms in total. The summed E-state index contributed by atoms with van der Waals surface area (Å²) in [6.45, 7) is 1.59. The Hall–Kier alpha value is -5.30. The Bertz CT molecular complexity index is 1900. The fourth-order valence-electron chi connectivity index (χ4n) is 5.47. The van der Waals surface area contributed by atoms with Crippen LogP contribution in [-0.2, 0) is 54.9 Å². The third-order valence-electron chi connectivity index (χ3n) is 7.95. The van der Waals surface area contributed by atoms with E-state index in [1.807, 2.05) is 0 Å². The molecule has 49 heavy (non-hydrogen) atoms. The molecule has 254 valence electrons. The molecule has 0 bridgehead atoms. The van der Waals surface area contributed by atoms with Crippen molar-refractivity contribution in [3.8, 4) is 0 Å². The lowest BCUT2D eigenvalue weighted by Crippen LogP contribution is -2.70. The molecular weight excluding hydrogens is 732 g/mol. The van der Waals surface area contributed by atoms with Gasteiger partial charge in [-0.3, -0.25) is 39.4 Å². The van der Waals surface area contributed by atoms with E-state index in [2.05, 4.69) is 21.0 Å². The van der Waals surface area contributed by atoms with E-state index in [1.54, 1.807) is 10.7 Å². The van der Waals surface area contributed by atoms with Gasteiger partial charge in [0, 0.05) is 43.1 Å². The molecule has 2 aromatic carbocycles. The Morgan fingerprint density at radius 2 is 1.59 bits per heavy atom. The number of hydrogen-bond donors (Lipinski definition) is 0. The number of hydrogen-bond acceptors (Lipinski definition) is 13. The molecule has 3 aliphatic heterocycles. The molecular formula is C30H25BrN6O11S. The van der Waals surface area contributed by atoms with Crippen molar-refractivity contribution in [3.63, 3.8) is 0 Å². The molecule has 0 N–H and O–H groups in total. The van der Waals surface area contributed by atoms with Gasteiger partial charge in [0.05, 0.1) is 28.6 Å². The van der Waals surface area contributed by atoms with E-state index in [0.29, 0.717) is 16.8 Å². The zero-order valence-electron chi connectivity index (χ0n) is 25.4. The van der Waals surface area contributed by atoms with Crippen LogP contribution in [0.3, 0.4) is 0 Å². The van der Waals surface area contributed by atoms with E-state index in [0.717, 1.165) is 11.8 Å². The van der Waals surface area contributed by atoms with Crippen LogP contribution in [0.15, 0.2) is 65.7 Å². The zero-order chi connectivity index (χ0) is 35.0. The molecule has 6 rings (SSSR count). The van der Waals surface area contributed by atoms with Gasteiger partial charge in [-0.1, -0.05) is 15.9 Å². The highest BCUT2D eigenvalue weighted by atomic mass is 79.9. The number of carbonyl (C=O) groups excluding carboxylic acids is 4. The van der Waals surface area contributed by atoms with Crippen LogP contribution >= 0.6 is 27.7 Å². The summed E-state index contributed by atoms with van der Waals surface area (Å²) in [5, 5.41) is 27.1. The van der Waals surface area contributed by atoms with Gasteiger partial charge in [-0.15, -0.1) is 11.8 Å². The van der Waals surface area contributed by atoms with Gasteiger partial charge in [0.1, 0.15) is 30.0 Å². The van der Waals surface area contributed by atoms with Crippen LogP contribution in [0, 0.1) is 20.2 Å². The molecule has 3 atom stereocenters. The zero-order valence-corrected chi connectivity index (χ0v) is 27.8. The SMILES string of the molecule is CC(=O)OC(c1cc2n(n1)CCN(C(=O)OCc1ccc([N+](=O)[O-])cc1)C2)[C@]1(Br)C(=O)N2C(C(=O)OCc3ccc([N+](=O)[O-])cc3)=CS[C@H]21. The summed E-state index contributed by atoms with van der Waals surface area (Å²) in [5.74, 6) is -2.01. The van der Waals surface area contributed by atoms with Crippen molar-refractivity contribution in [3.05, 3.63) is 108 Å². The first-order valence-corrected chi connectivity index (χ1v) is 16.3. The summed E-state index contributed by atoms with van der Waals surface area (Å²) in [5.41, 5.74) is 1.75. The maximum Gasteiger partial charge on any atom is 0.410 e. The van der Waals surface area contributed by atoms with E-state index in [4.69, 9.17) is 14.2 Å². The standard InChI is InChI=1S/C30H25BrN6O11S/c1-17(38)48-25(23-12-22-13-33(10-11-34(22)32-23)29(41)47-15-19-4-8-21(9-5-19)37(44)45)30(31)27(40)35-24(16-49-28(30)35)26(39)46-14-18-2-6-20(7-3-18)36(42)43/h2-9,12,16,25,28H,10-11,13-15H2,1H3/t25?,28-,30-/m0/s1. The van der Waals surface area contributed by atoms with Crippen molar-refractivity contribution in [2.75, 3.05) is 6.54 Å². The van der Waals surface area contributed by atoms with Crippen molar-refractivity contribution < 1.29 is 43.2 Å². The van der Waals surface area contributed by atoms with Gasteiger partial charge < -0.3 is 19.1 Å². The number of thioether (sulfide) groups is 1. The minimum atomic E-state index is -1.49. The van der Waals surface area contributed by atoms with Gasteiger partial charge in [-0.25, -0.2) is 9.59 Å². The van der Waals surface area contributed by atoms with Crippen molar-refractivity contribution in [1.29, 1.82) is 0 Å². The fourth-order valence-corrected chi connectivity index (χ4v) is 7.74. The Morgan fingerprint density at radius 3 is 2.16 bits per heavy atom. The number of nitro groups is 2. The van der Waals surface area contributed by atoms with Gasteiger partial charge in [-0.2, -0.15) is 5.10 Å². The number of nitrogens with zero attached hydrogens (tertiary/aromatic N) is 6. The lowest BCUT2D eigenvalue weighted by Gasteiger charge is -2.51. The number of amides is 2. The average molecular weight is 758 g/mol. The lowest BCUT2D eigenvalue weighted by atomic mass is 9.88. The monoisotopic (exact) mass is 756 g/mol. The van der Waals surface area contributed by atoms with Gasteiger partial charge in [0.15, 0.2) is 10.4 Å². The molecule has 19 heteroatoms. The Balaban J connectivity index is 1.11. The lowest BCUT2D eigenvalue weighted by molar-refractivity contribution is -0.385. The van der Waals surface area contributed by atoms with Crippen molar-refractivity contribution in [2.24, 2.45) is 0 Å². The number of β-lactam (4-membered cyclic amide) rings is 1. The summed E-state index contributed by atoms with van der Waals surface area (Å²) in [4.78, 5) is 75.1. The fraction of sp³-hybridized carbons (Fsp3) is 0.300. The smallest absolute Gasteiger partial charge is 0.410 e. The van der Waals surface area contributed by atoms with E-state index in [-0.39, 0.29) is 55.6 Å². The average Bonchev–Trinajstić information content (AvgIpc) is 3.71. The molecule has 0 saturated carbocycles. The third kappa shape index (κ3) is 6.45.